The number of hydrogen-bond donors (Lipinski definition) is 2. The molecule has 1 aliphatic carbocycles. The van der Waals surface area contributed by atoms with Crippen molar-refractivity contribution in [1.29, 1.82) is 5.26 Å². The zero-order valence-electron chi connectivity index (χ0n) is 19.6. The Bertz CT molecular complexity index is 894. The van der Waals surface area contributed by atoms with Crippen LogP contribution in [0.4, 0.5) is 4.39 Å². The van der Waals surface area contributed by atoms with Gasteiger partial charge in [-0.1, -0.05) is 32.1 Å². The van der Waals surface area contributed by atoms with Crippen molar-refractivity contribution >= 4 is 17.6 Å². The number of rotatable bonds is 6. The first-order chi connectivity index (χ1) is 15.8. The largest absolute Gasteiger partial charge is 0.336 e. The van der Waals surface area contributed by atoms with Crippen molar-refractivity contribution in [2.45, 2.75) is 69.9 Å². The molecule has 8 heteroatoms. The summed E-state index contributed by atoms with van der Waals surface area (Å²) in [6.45, 7) is 2.84. The van der Waals surface area contributed by atoms with Crippen LogP contribution < -0.4 is 10.6 Å². The Morgan fingerprint density at radius 3 is 2.42 bits per heavy atom. The van der Waals surface area contributed by atoms with E-state index in [1.165, 1.54) is 37.6 Å². The molecule has 2 fully saturated rings. The van der Waals surface area contributed by atoms with Crippen molar-refractivity contribution in [2.24, 2.45) is 10.9 Å². The van der Waals surface area contributed by atoms with Crippen molar-refractivity contribution in [3.63, 3.8) is 0 Å². The summed E-state index contributed by atoms with van der Waals surface area (Å²) in [7, 11) is 2.00. The molecule has 7 nitrogen and oxygen atoms in total. The lowest BCUT2D eigenvalue weighted by molar-refractivity contribution is -0.124. The van der Waals surface area contributed by atoms with Crippen LogP contribution in [0, 0.1) is 23.1 Å². The lowest BCUT2D eigenvalue weighted by Gasteiger charge is -2.37. The van der Waals surface area contributed by atoms with E-state index in [4.69, 9.17) is 0 Å². The molecule has 1 saturated heterocycles. The average Bonchev–Trinajstić information content (AvgIpc) is 2.80. The van der Waals surface area contributed by atoms with Crippen LogP contribution in [0.1, 0.15) is 63.9 Å². The second-order valence-corrected chi connectivity index (χ2v) is 9.41. The van der Waals surface area contributed by atoms with Crippen LogP contribution >= 0.6 is 0 Å². The SMILES string of the molecule is CC(=O)NC(=N[C@@H](CC1CCCCC1)C(=O)NC1(C#N)CCN(C)CC1)c1ccc(F)cc1. The third-order valence-electron chi connectivity index (χ3n) is 6.70. The van der Waals surface area contributed by atoms with Crippen LogP contribution in [0.15, 0.2) is 29.3 Å². The predicted molar refractivity (Wildman–Crippen MR) is 125 cm³/mol. The molecule has 0 spiro atoms. The molecule has 2 N–H and O–H groups in total. The van der Waals surface area contributed by atoms with Crippen molar-refractivity contribution in [3.8, 4) is 6.07 Å². The predicted octanol–water partition coefficient (Wildman–Crippen LogP) is 3.15. The van der Waals surface area contributed by atoms with Gasteiger partial charge in [-0.25, -0.2) is 4.39 Å². The van der Waals surface area contributed by atoms with Crippen LogP contribution in [0.3, 0.4) is 0 Å². The second kappa shape index (κ2) is 11.4. The first-order valence-electron chi connectivity index (χ1n) is 11.8. The lowest BCUT2D eigenvalue weighted by atomic mass is 9.84. The Hall–Kier alpha value is -2.79. The number of nitriles is 1. The van der Waals surface area contributed by atoms with Gasteiger partial charge in [0.25, 0.3) is 0 Å². The van der Waals surface area contributed by atoms with E-state index in [1.807, 2.05) is 7.05 Å². The summed E-state index contributed by atoms with van der Waals surface area (Å²) in [5.74, 6) is -0.403. The Labute approximate surface area is 195 Å². The van der Waals surface area contributed by atoms with Crippen LogP contribution in [-0.4, -0.2) is 54.3 Å². The Morgan fingerprint density at radius 2 is 1.85 bits per heavy atom. The second-order valence-electron chi connectivity index (χ2n) is 9.41. The number of carbonyl (C=O) groups is 2. The molecule has 0 radical (unpaired) electrons. The van der Waals surface area contributed by atoms with E-state index in [0.717, 1.165) is 38.8 Å². The highest BCUT2D eigenvalue weighted by atomic mass is 19.1. The molecule has 1 aromatic rings. The quantitative estimate of drug-likeness (QED) is 0.509. The molecular weight excluding hydrogens is 421 g/mol. The Kier molecular flexibility index (Phi) is 8.56. The number of carbonyl (C=O) groups excluding carboxylic acids is 2. The fourth-order valence-corrected chi connectivity index (χ4v) is 4.65. The van der Waals surface area contributed by atoms with Gasteiger partial charge in [-0.3, -0.25) is 14.6 Å². The van der Waals surface area contributed by atoms with E-state index in [9.17, 15) is 19.2 Å². The highest BCUT2D eigenvalue weighted by molar-refractivity contribution is 6.08. The fraction of sp³-hybridized carbons (Fsp3) is 0.600. The minimum Gasteiger partial charge on any atom is -0.336 e. The molecule has 0 unspecified atom stereocenters. The summed E-state index contributed by atoms with van der Waals surface area (Å²) in [4.78, 5) is 32.2. The highest BCUT2D eigenvalue weighted by Gasteiger charge is 2.37. The molecule has 33 heavy (non-hydrogen) atoms. The van der Waals surface area contributed by atoms with E-state index < -0.39 is 17.4 Å². The number of benzene rings is 1. The van der Waals surface area contributed by atoms with E-state index in [1.54, 1.807) is 0 Å². The average molecular weight is 456 g/mol. The molecule has 2 aliphatic rings. The van der Waals surface area contributed by atoms with Gasteiger partial charge in [0.15, 0.2) is 0 Å². The van der Waals surface area contributed by atoms with Gasteiger partial charge >= 0.3 is 0 Å². The van der Waals surface area contributed by atoms with Gasteiger partial charge in [0.05, 0.1) is 6.07 Å². The van der Waals surface area contributed by atoms with Gasteiger partial charge < -0.3 is 15.5 Å². The van der Waals surface area contributed by atoms with Gasteiger partial charge in [-0.15, -0.1) is 0 Å². The molecule has 1 saturated carbocycles. The first kappa shape index (κ1) is 24.8. The highest BCUT2D eigenvalue weighted by Crippen LogP contribution is 2.29. The number of amides is 2. The Morgan fingerprint density at radius 1 is 1.21 bits per heavy atom. The smallest absolute Gasteiger partial charge is 0.246 e. The van der Waals surface area contributed by atoms with Crippen molar-refractivity contribution in [2.75, 3.05) is 20.1 Å². The van der Waals surface area contributed by atoms with Crippen LogP contribution in [0.2, 0.25) is 0 Å². The maximum absolute atomic E-state index is 13.5. The topological polar surface area (TPSA) is 97.6 Å². The minimum absolute atomic E-state index is 0.243. The van der Waals surface area contributed by atoms with Gasteiger partial charge in [0, 0.05) is 25.6 Å². The molecule has 3 rings (SSSR count). The van der Waals surface area contributed by atoms with Crippen LogP contribution in [-0.2, 0) is 9.59 Å². The van der Waals surface area contributed by atoms with E-state index >= 15 is 0 Å². The van der Waals surface area contributed by atoms with Gasteiger partial charge in [0.1, 0.15) is 23.2 Å². The number of nitrogens with one attached hydrogen (secondary N) is 2. The number of piperidine rings is 1. The molecule has 0 aromatic heterocycles. The third kappa shape index (κ3) is 7.10. The van der Waals surface area contributed by atoms with Crippen LogP contribution in [0.5, 0.6) is 0 Å². The molecular formula is C25H34FN5O2. The number of halogens is 1. The molecule has 2 amide bonds. The van der Waals surface area contributed by atoms with Crippen LogP contribution in [0.25, 0.3) is 0 Å². The van der Waals surface area contributed by atoms with Gasteiger partial charge in [0.2, 0.25) is 11.8 Å². The number of aliphatic imine (C=N–C) groups is 1. The maximum Gasteiger partial charge on any atom is 0.246 e. The fourth-order valence-electron chi connectivity index (χ4n) is 4.65. The van der Waals surface area contributed by atoms with Crippen molar-refractivity contribution in [1.82, 2.24) is 15.5 Å². The number of nitrogens with zero attached hydrogens (tertiary/aromatic N) is 3. The van der Waals surface area contributed by atoms with E-state index in [0.29, 0.717) is 30.7 Å². The monoisotopic (exact) mass is 455 g/mol. The molecule has 1 aromatic carbocycles. The summed E-state index contributed by atoms with van der Waals surface area (Å²) < 4.78 is 13.5. The molecule has 1 atom stereocenters. The summed E-state index contributed by atoms with van der Waals surface area (Å²) in [5.41, 5.74) is -0.379. The Balaban J connectivity index is 1.89. The zero-order chi connectivity index (χ0) is 23.8. The zero-order valence-corrected chi connectivity index (χ0v) is 19.6. The van der Waals surface area contributed by atoms with Crippen molar-refractivity contribution < 1.29 is 14.0 Å². The maximum atomic E-state index is 13.5. The minimum atomic E-state index is -0.909. The molecule has 0 bridgehead atoms. The molecule has 178 valence electrons. The summed E-state index contributed by atoms with van der Waals surface area (Å²) in [6, 6.07) is 7.25. The van der Waals surface area contributed by atoms with Gasteiger partial charge in [-0.2, -0.15) is 5.26 Å². The number of amidine groups is 1. The number of hydrogen-bond acceptors (Lipinski definition) is 5. The standard InChI is InChI=1S/C25H34FN5O2/c1-18(32)28-23(20-8-10-21(26)11-9-20)29-22(16-19-6-4-3-5-7-19)24(33)30-25(17-27)12-14-31(2)15-13-25/h8-11,19,22H,3-7,12-16H2,1-2H3,(H,30,33)(H,28,29,32)/t22-/m0/s1. The first-order valence-corrected chi connectivity index (χ1v) is 11.8. The summed E-state index contributed by atoms with van der Waals surface area (Å²) in [5, 5.41) is 15.6. The molecule has 1 heterocycles. The van der Waals surface area contributed by atoms with E-state index in [2.05, 4.69) is 26.6 Å². The summed E-state index contributed by atoms with van der Waals surface area (Å²) >= 11 is 0. The molecule has 1 aliphatic heterocycles. The van der Waals surface area contributed by atoms with Crippen molar-refractivity contribution in [3.05, 3.63) is 35.6 Å². The summed E-state index contributed by atoms with van der Waals surface area (Å²) in [6.07, 6.45) is 7.22. The number of likely N-dealkylation sites (tertiary alicyclic amines) is 1. The van der Waals surface area contributed by atoms with Gasteiger partial charge in [-0.05, 0) is 56.5 Å². The normalized spacial score (nSPS) is 20.5. The third-order valence-corrected chi connectivity index (χ3v) is 6.70. The van der Waals surface area contributed by atoms with E-state index in [-0.39, 0.29) is 17.6 Å². The lowest BCUT2D eigenvalue weighted by Crippen LogP contribution is -2.56.